The van der Waals surface area contributed by atoms with Gasteiger partial charge in [0.15, 0.2) is 17.1 Å². The fraction of sp³-hybridized carbons (Fsp3) is 0.542. The molecule has 0 fully saturated rings. The van der Waals surface area contributed by atoms with Gasteiger partial charge in [-0.05, 0) is 37.5 Å². The third kappa shape index (κ3) is 5.09. The van der Waals surface area contributed by atoms with Gasteiger partial charge in [0.2, 0.25) is 0 Å². The van der Waals surface area contributed by atoms with Gasteiger partial charge >= 0.3 is 0 Å². The Kier molecular flexibility index (Phi) is 7.71. The normalized spacial score (nSPS) is 12.3. The number of unbranched alkanes of at least 4 members (excludes halogenated alkanes) is 3. The lowest BCUT2D eigenvalue weighted by Gasteiger charge is -2.16. The van der Waals surface area contributed by atoms with E-state index < -0.39 is 0 Å². The Morgan fingerprint density at radius 2 is 1.87 bits per heavy atom. The molecule has 168 valence electrons. The molecule has 0 aliphatic rings. The Bertz CT molecular complexity index is 1070. The lowest BCUT2D eigenvalue weighted by molar-refractivity contribution is 0.354. The topological polar surface area (TPSA) is 82.0 Å². The quantitative estimate of drug-likeness (QED) is 0.438. The molecule has 0 aliphatic carbocycles. The third-order valence-corrected chi connectivity index (χ3v) is 5.81. The highest BCUT2D eigenvalue weighted by atomic mass is 16.5. The minimum Gasteiger partial charge on any atom is -0.493 e. The van der Waals surface area contributed by atoms with E-state index in [0.717, 1.165) is 30.5 Å². The summed E-state index contributed by atoms with van der Waals surface area (Å²) in [6, 6.07) is 5.98. The minimum atomic E-state index is -0.134. The van der Waals surface area contributed by atoms with Crippen LogP contribution in [0.2, 0.25) is 0 Å². The molecule has 1 unspecified atom stereocenters. The van der Waals surface area contributed by atoms with Crippen molar-refractivity contribution in [3.05, 3.63) is 45.6 Å². The summed E-state index contributed by atoms with van der Waals surface area (Å²) in [5.41, 5.74) is 2.26. The molecule has 2 heterocycles. The standard InChI is InChI=1S/C24H34N4O3/c1-6-8-9-10-11-18(7-2)28-23-22(16(3)27-28)24(29)26-21(25-23)15-17-12-13-19(30-4)20(14-17)31-5/h12-14,18H,6-11,15H2,1-5H3,(H,25,26,29). The molecule has 1 N–H and O–H groups in total. The Morgan fingerprint density at radius 1 is 1.10 bits per heavy atom. The number of nitrogens with zero attached hydrogens (tertiary/aromatic N) is 3. The summed E-state index contributed by atoms with van der Waals surface area (Å²) < 4.78 is 12.7. The number of nitrogens with one attached hydrogen (secondary N) is 1. The van der Waals surface area contributed by atoms with Gasteiger partial charge in [-0.15, -0.1) is 0 Å². The summed E-state index contributed by atoms with van der Waals surface area (Å²) in [6.07, 6.45) is 7.36. The van der Waals surface area contributed by atoms with E-state index in [-0.39, 0.29) is 11.6 Å². The molecule has 7 nitrogen and oxygen atoms in total. The SMILES string of the molecule is CCCCCCC(CC)n1nc(C)c2c(=O)[nH]c(Cc3ccc(OC)c(OC)c3)nc21. The van der Waals surface area contributed by atoms with Crippen molar-refractivity contribution in [3.63, 3.8) is 0 Å². The third-order valence-electron chi connectivity index (χ3n) is 5.81. The van der Waals surface area contributed by atoms with Crippen LogP contribution in [0.15, 0.2) is 23.0 Å². The maximum absolute atomic E-state index is 12.9. The van der Waals surface area contributed by atoms with E-state index in [2.05, 4.69) is 18.8 Å². The molecular weight excluding hydrogens is 392 g/mol. The van der Waals surface area contributed by atoms with Crippen molar-refractivity contribution in [2.45, 2.75) is 71.8 Å². The average molecular weight is 427 g/mol. The minimum absolute atomic E-state index is 0.134. The van der Waals surface area contributed by atoms with Gasteiger partial charge in [-0.1, -0.05) is 45.6 Å². The molecule has 0 radical (unpaired) electrons. The van der Waals surface area contributed by atoms with Crippen molar-refractivity contribution in [2.24, 2.45) is 0 Å². The van der Waals surface area contributed by atoms with Gasteiger partial charge in [0.05, 0.1) is 26.0 Å². The lowest BCUT2D eigenvalue weighted by atomic mass is 10.1. The predicted octanol–water partition coefficient (Wildman–Crippen LogP) is 4.96. The molecule has 2 aromatic heterocycles. The summed E-state index contributed by atoms with van der Waals surface area (Å²) in [4.78, 5) is 20.6. The number of rotatable bonds is 11. The number of aryl methyl sites for hydroxylation is 1. The first-order valence-electron chi connectivity index (χ1n) is 11.2. The number of hydrogen-bond donors (Lipinski definition) is 1. The number of fused-ring (bicyclic) bond motifs is 1. The van der Waals surface area contributed by atoms with Gasteiger partial charge in [0.1, 0.15) is 11.2 Å². The largest absolute Gasteiger partial charge is 0.493 e. The highest BCUT2D eigenvalue weighted by Gasteiger charge is 2.19. The summed E-state index contributed by atoms with van der Waals surface area (Å²) in [6.45, 7) is 6.27. The van der Waals surface area contributed by atoms with Crippen LogP contribution < -0.4 is 15.0 Å². The van der Waals surface area contributed by atoms with Crippen molar-refractivity contribution < 1.29 is 9.47 Å². The van der Waals surface area contributed by atoms with Crippen molar-refractivity contribution in [1.82, 2.24) is 19.7 Å². The van der Waals surface area contributed by atoms with Gasteiger partial charge in [0.25, 0.3) is 5.56 Å². The number of ether oxygens (including phenoxy) is 2. The fourth-order valence-corrected chi connectivity index (χ4v) is 4.09. The van der Waals surface area contributed by atoms with Gasteiger partial charge in [0, 0.05) is 6.42 Å². The Hall–Kier alpha value is -2.83. The molecule has 7 heteroatoms. The summed E-state index contributed by atoms with van der Waals surface area (Å²) in [5, 5.41) is 5.30. The number of methoxy groups -OCH3 is 2. The van der Waals surface area contributed by atoms with Crippen LogP contribution in [0.25, 0.3) is 11.0 Å². The zero-order valence-corrected chi connectivity index (χ0v) is 19.3. The molecule has 0 amide bonds. The summed E-state index contributed by atoms with van der Waals surface area (Å²) in [7, 11) is 3.22. The van der Waals surface area contributed by atoms with Crippen molar-refractivity contribution in [2.75, 3.05) is 14.2 Å². The fourth-order valence-electron chi connectivity index (χ4n) is 4.09. The van der Waals surface area contributed by atoms with Gasteiger partial charge < -0.3 is 14.5 Å². The number of benzene rings is 1. The molecule has 0 saturated carbocycles. The lowest BCUT2D eigenvalue weighted by Crippen LogP contribution is -2.15. The Morgan fingerprint density at radius 3 is 2.55 bits per heavy atom. The first-order valence-corrected chi connectivity index (χ1v) is 11.2. The van der Waals surface area contributed by atoms with Gasteiger partial charge in [-0.3, -0.25) is 4.79 Å². The molecule has 0 aliphatic heterocycles. The van der Waals surface area contributed by atoms with E-state index in [0.29, 0.717) is 34.8 Å². The van der Waals surface area contributed by atoms with Crippen LogP contribution >= 0.6 is 0 Å². The predicted molar refractivity (Wildman–Crippen MR) is 123 cm³/mol. The number of hydrogen-bond acceptors (Lipinski definition) is 5. The monoisotopic (exact) mass is 426 g/mol. The van der Waals surface area contributed by atoms with Crippen LogP contribution in [0.1, 0.15) is 75.5 Å². The summed E-state index contributed by atoms with van der Waals surface area (Å²) in [5.74, 6) is 1.94. The Balaban J connectivity index is 1.94. The molecular formula is C24H34N4O3. The maximum atomic E-state index is 12.9. The van der Waals surface area contributed by atoms with E-state index in [4.69, 9.17) is 19.6 Å². The smallest absolute Gasteiger partial charge is 0.262 e. The molecule has 0 saturated heterocycles. The van der Waals surface area contributed by atoms with E-state index in [9.17, 15) is 4.79 Å². The van der Waals surface area contributed by atoms with Crippen LogP contribution in [0, 0.1) is 6.92 Å². The summed E-state index contributed by atoms with van der Waals surface area (Å²) >= 11 is 0. The van der Waals surface area contributed by atoms with Crippen LogP contribution in [-0.2, 0) is 6.42 Å². The maximum Gasteiger partial charge on any atom is 0.262 e. The molecule has 31 heavy (non-hydrogen) atoms. The van der Waals surface area contributed by atoms with Crippen molar-refractivity contribution >= 4 is 11.0 Å². The number of H-pyrrole nitrogens is 1. The zero-order chi connectivity index (χ0) is 22.4. The van der Waals surface area contributed by atoms with Crippen LogP contribution in [0.3, 0.4) is 0 Å². The van der Waals surface area contributed by atoms with Crippen LogP contribution in [0.5, 0.6) is 11.5 Å². The van der Waals surface area contributed by atoms with Crippen LogP contribution in [0.4, 0.5) is 0 Å². The zero-order valence-electron chi connectivity index (χ0n) is 19.3. The van der Waals surface area contributed by atoms with Crippen LogP contribution in [-0.4, -0.2) is 34.0 Å². The van der Waals surface area contributed by atoms with Crippen molar-refractivity contribution in [1.29, 1.82) is 0 Å². The number of aromatic nitrogens is 4. The van der Waals surface area contributed by atoms with E-state index in [1.807, 2.05) is 29.8 Å². The van der Waals surface area contributed by atoms with Crippen molar-refractivity contribution in [3.8, 4) is 11.5 Å². The number of aromatic amines is 1. The first-order chi connectivity index (χ1) is 15.0. The molecule has 3 rings (SSSR count). The highest BCUT2D eigenvalue weighted by molar-refractivity contribution is 5.77. The second-order valence-electron chi connectivity index (χ2n) is 8.02. The second kappa shape index (κ2) is 10.5. The molecule has 0 bridgehead atoms. The van der Waals surface area contributed by atoms with Gasteiger partial charge in [-0.25, -0.2) is 9.67 Å². The molecule has 1 aromatic carbocycles. The molecule has 0 spiro atoms. The van der Waals surface area contributed by atoms with E-state index in [1.54, 1.807) is 14.2 Å². The highest BCUT2D eigenvalue weighted by Crippen LogP contribution is 2.29. The second-order valence-corrected chi connectivity index (χ2v) is 8.02. The van der Waals surface area contributed by atoms with E-state index >= 15 is 0 Å². The van der Waals surface area contributed by atoms with E-state index in [1.165, 1.54) is 19.3 Å². The molecule has 3 aromatic rings. The molecule has 1 atom stereocenters. The average Bonchev–Trinajstić information content (AvgIpc) is 3.10. The Labute approximate surface area is 183 Å². The van der Waals surface area contributed by atoms with Gasteiger partial charge in [-0.2, -0.15) is 5.10 Å². The first kappa shape index (κ1) is 22.8.